The third-order valence-electron chi connectivity index (χ3n) is 5.63. The van der Waals surface area contributed by atoms with Gasteiger partial charge in [-0.25, -0.2) is 14.8 Å². The number of carboxylic acid groups (broad SMARTS) is 1. The van der Waals surface area contributed by atoms with Crippen molar-refractivity contribution in [2.45, 2.75) is 32.2 Å². The Hall–Kier alpha value is -4.73. The van der Waals surface area contributed by atoms with Gasteiger partial charge in [-0.15, -0.1) is 0 Å². The first-order valence-corrected chi connectivity index (χ1v) is 11.4. The summed E-state index contributed by atoms with van der Waals surface area (Å²) in [6.45, 7) is 1.63. The summed E-state index contributed by atoms with van der Waals surface area (Å²) in [6, 6.07) is 17.0. The molecule has 0 aliphatic carbocycles. The topological polar surface area (TPSA) is 158 Å². The van der Waals surface area contributed by atoms with Crippen LogP contribution >= 0.6 is 0 Å². The summed E-state index contributed by atoms with van der Waals surface area (Å²) in [7, 11) is 0. The van der Waals surface area contributed by atoms with Crippen LogP contribution in [0.3, 0.4) is 0 Å². The van der Waals surface area contributed by atoms with E-state index in [0.717, 1.165) is 23.3 Å². The van der Waals surface area contributed by atoms with Gasteiger partial charge in [-0.05, 0) is 43.2 Å². The second-order valence-corrected chi connectivity index (χ2v) is 8.35. The van der Waals surface area contributed by atoms with Crippen LogP contribution in [0.5, 0.6) is 5.75 Å². The number of amidine groups is 1. The van der Waals surface area contributed by atoms with E-state index in [1.54, 1.807) is 43.3 Å². The Balaban J connectivity index is 1.47. The second-order valence-electron chi connectivity index (χ2n) is 8.35. The zero-order chi connectivity index (χ0) is 25.7. The normalized spacial score (nSPS) is 11.7. The van der Waals surface area contributed by atoms with E-state index in [-0.39, 0.29) is 12.3 Å². The van der Waals surface area contributed by atoms with E-state index in [2.05, 4.69) is 15.0 Å². The molecule has 1 unspecified atom stereocenters. The smallest absolute Gasteiger partial charge is 0.421 e. The largest absolute Gasteiger partial charge is 0.481 e. The van der Waals surface area contributed by atoms with E-state index >= 15 is 0 Å². The number of carbonyl (C=O) groups excluding carboxylic acids is 1. The van der Waals surface area contributed by atoms with Gasteiger partial charge in [0.1, 0.15) is 23.2 Å². The molecule has 4 aromatic rings. The third kappa shape index (κ3) is 5.84. The van der Waals surface area contributed by atoms with Crippen LogP contribution in [0.15, 0.2) is 66.9 Å². The summed E-state index contributed by atoms with van der Waals surface area (Å²) in [5.41, 5.74) is 8.73. The average Bonchev–Trinajstić information content (AvgIpc) is 3.25. The highest BCUT2D eigenvalue weighted by molar-refractivity contribution is 5.94. The third-order valence-corrected chi connectivity index (χ3v) is 5.63. The standard InChI is InChI=1S/C26H26N6O4/c1-16(14-24(33)34)32(23-4-2-3-13-29-23)26(35)36-19-10-11-20-21(15-19)31-22(30-20)12-7-17-5-8-18(9-6-17)25(27)28/h2-6,8-11,13,15-16H,7,12,14H2,1H3,(H3,27,28)(H,30,31)(H,33,34). The average molecular weight is 487 g/mol. The predicted octanol–water partition coefficient (Wildman–Crippen LogP) is 3.90. The van der Waals surface area contributed by atoms with Crippen molar-refractivity contribution in [1.29, 1.82) is 5.41 Å². The van der Waals surface area contributed by atoms with Gasteiger partial charge in [0.05, 0.1) is 17.5 Å². The zero-order valence-electron chi connectivity index (χ0n) is 19.6. The summed E-state index contributed by atoms with van der Waals surface area (Å²) >= 11 is 0. The molecule has 2 aromatic carbocycles. The molecule has 2 heterocycles. The number of ether oxygens (including phenoxy) is 1. The van der Waals surface area contributed by atoms with Crippen molar-refractivity contribution >= 4 is 34.7 Å². The summed E-state index contributed by atoms with van der Waals surface area (Å²) in [4.78, 5) is 37.5. The summed E-state index contributed by atoms with van der Waals surface area (Å²) in [6.07, 6.45) is 1.96. The maximum absolute atomic E-state index is 13.0. The van der Waals surface area contributed by atoms with Gasteiger partial charge in [-0.3, -0.25) is 15.1 Å². The first-order chi connectivity index (χ1) is 17.3. The van der Waals surface area contributed by atoms with Crippen LogP contribution in [0.1, 0.15) is 30.3 Å². The van der Waals surface area contributed by atoms with Crippen LogP contribution in [0.4, 0.5) is 10.6 Å². The van der Waals surface area contributed by atoms with Crippen LogP contribution in [0.25, 0.3) is 11.0 Å². The number of hydrogen-bond acceptors (Lipinski definition) is 6. The monoisotopic (exact) mass is 486 g/mol. The molecule has 36 heavy (non-hydrogen) atoms. The number of fused-ring (bicyclic) bond motifs is 1. The molecule has 5 N–H and O–H groups in total. The minimum atomic E-state index is -1.03. The molecule has 4 rings (SSSR count). The van der Waals surface area contributed by atoms with E-state index in [1.807, 2.05) is 24.3 Å². The SMILES string of the molecule is CC(CC(=O)O)N(C(=O)Oc1ccc2nc(CCc3ccc(C(=N)N)cc3)[nH]c2c1)c1ccccn1. The molecule has 1 amide bonds. The maximum atomic E-state index is 13.0. The van der Waals surface area contributed by atoms with Crippen molar-refractivity contribution in [2.24, 2.45) is 5.73 Å². The van der Waals surface area contributed by atoms with Crippen LogP contribution < -0.4 is 15.4 Å². The van der Waals surface area contributed by atoms with Gasteiger partial charge in [-0.2, -0.15) is 0 Å². The van der Waals surface area contributed by atoms with Crippen molar-refractivity contribution in [2.75, 3.05) is 4.90 Å². The first kappa shape index (κ1) is 24.4. The number of pyridine rings is 1. The molecule has 0 aliphatic rings. The van der Waals surface area contributed by atoms with Crippen LogP contribution in [0.2, 0.25) is 0 Å². The van der Waals surface area contributed by atoms with Gasteiger partial charge in [0.15, 0.2) is 0 Å². The highest BCUT2D eigenvalue weighted by Gasteiger charge is 2.27. The van der Waals surface area contributed by atoms with E-state index in [9.17, 15) is 14.7 Å². The molecule has 2 aromatic heterocycles. The minimum Gasteiger partial charge on any atom is -0.481 e. The molecule has 184 valence electrons. The highest BCUT2D eigenvalue weighted by atomic mass is 16.6. The summed E-state index contributed by atoms with van der Waals surface area (Å²) in [5, 5.41) is 16.7. The lowest BCUT2D eigenvalue weighted by Gasteiger charge is -2.26. The maximum Gasteiger partial charge on any atom is 0.421 e. The summed E-state index contributed by atoms with van der Waals surface area (Å²) < 4.78 is 5.59. The number of aromatic amines is 1. The van der Waals surface area contributed by atoms with Gasteiger partial charge < -0.3 is 20.6 Å². The minimum absolute atomic E-state index is 0.0369. The van der Waals surface area contributed by atoms with Gasteiger partial charge >= 0.3 is 12.1 Å². The number of H-pyrrole nitrogens is 1. The molecule has 0 saturated heterocycles. The fraction of sp³-hybridized carbons (Fsp3) is 0.192. The number of benzene rings is 2. The van der Waals surface area contributed by atoms with E-state index in [0.29, 0.717) is 29.1 Å². The number of aromatic nitrogens is 3. The Bertz CT molecular complexity index is 1380. The number of nitrogens with zero attached hydrogens (tertiary/aromatic N) is 3. The van der Waals surface area contributed by atoms with Crippen molar-refractivity contribution in [3.63, 3.8) is 0 Å². The number of nitrogens with two attached hydrogens (primary N) is 1. The zero-order valence-corrected chi connectivity index (χ0v) is 19.6. The molecule has 1 atom stereocenters. The van der Waals surface area contributed by atoms with Crippen molar-refractivity contribution in [3.05, 3.63) is 83.8 Å². The number of rotatable bonds is 9. The molecule has 0 aliphatic heterocycles. The molecule has 0 bridgehead atoms. The lowest BCUT2D eigenvalue weighted by molar-refractivity contribution is -0.137. The Labute approximate surface area is 207 Å². The van der Waals surface area contributed by atoms with Crippen LogP contribution in [-0.4, -0.2) is 44.0 Å². The number of aliphatic carboxylic acids is 1. The number of aryl methyl sites for hydroxylation is 2. The fourth-order valence-corrected chi connectivity index (χ4v) is 3.83. The number of anilines is 1. The molecule has 0 fully saturated rings. The number of imidazole rings is 1. The van der Waals surface area contributed by atoms with E-state index in [1.165, 1.54) is 11.1 Å². The second kappa shape index (κ2) is 10.7. The highest BCUT2D eigenvalue weighted by Crippen LogP contribution is 2.23. The number of nitrogen functional groups attached to an aromatic ring is 1. The van der Waals surface area contributed by atoms with Gasteiger partial charge in [0.25, 0.3) is 0 Å². The lowest BCUT2D eigenvalue weighted by Crippen LogP contribution is -2.42. The van der Waals surface area contributed by atoms with Gasteiger partial charge in [-0.1, -0.05) is 30.3 Å². The Morgan fingerprint density at radius 1 is 1.14 bits per heavy atom. The lowest BCUT2D eigenvalue weighted by atomic mass is 10.1. The number of nitrogens with one attached hydrogen (secondary N) is 2. The van der Waals surface area contributed by atoms with Crippen LogP contribution in [0, 0.1) is 5.41 Å². The quantitative estimate of drug-likeness (QED) is 0.206. The Morgan fingerprint density at radius 2 is 1.92 bits per heavy atom. The summed E-state index contributed by atoms with van der Waals surface area (Å²) in [5.74, 6) is 0.394. The molecular formula is C26H26N6O4. The molecule has 0 saturated carbocycles. The van der Waals surface area contributed by atoms with Crippen LogP contribution in [-0.2, 0) is 17.6 Å². The number of amides is 1. The van der Waals surface area contributed by atoms with Gasteiger partial charge in [0.2, 0.25) is 0 Å². The van der Waals surface area contributed by atoms with E-state index in [4.69, 9.17) is 15.9 Å². The predicted molar refractivity (Wildman–Crippen MR) is 135 cm³/mol. The number of carbonyl (C=O) groups is 2. The fourth-order valence-electron chi connectivity index (χ4n) is 3.83. The molecule has 10 nitrogen and oxygen atoms in total. The molecule has 0 spiro atoms. The Morgan fingerprint density at radius 3 is 2.58 bits per heavy atom. The number of carboxylic acids is 1. The number of hydrogen-bond donors (Lipinski definition) is 4. The van der Waals surface area contributed by atoms with Crippen molar-refractivity contribution in [1.82, 2.24) is 15.0 Å². The van der Waals surface area contributed by atoms with Crippen molar-refractivity contribution < 1.29 is 19.4 Å². The van der Waals surface area contributed by atoms with E-state index < -0.39 is 18.1 Å². The van der Waals surface area contributed by atoms with Gasteiger partial charge in [0, 0.05) is 30.3 Å². The molecular weight excluding hydrogens is 460 g/mol. The first-order valence-electron chi connectivity index (χ1n) is 11.4. The molecule has 0 radical (unpaired) electrons. The Kier molecular flexibility index (Phi) is 7.24. The molecule has 10 heteroatoms. The van der Waals surface area contributed by atoms with Crippen molar-refractivity contribution in [3.8, 4) is 5.75 Å².